The van der Waals surface area contributed by atoms with Gasteiger partial charge in [0.15, 0.2) is 0 Å². The van der Waals surface area contributed by atoms with Crippen LogP contribution in [0.2, 0.25) is 0 Å². The van der Waals surface area contributed by atoms with Gasteiger partial charge in [0.25, 0.3) is 0 Å². The van der Waals surface area contributed by atoms with E-state index in [-0.39, 0.29) is 29.1 Å². The van der Waals surface area contributed by atoms with Crippen molar-refractivity contribution in [1.29, 1.82) is 0 Å². The molecule has 0 saturated heterocycles. The second-order valence-electron chi connectivity index (χ2n) is 6.81. The van der Waals surface area contributed by atoms with Crippen molar-refractivity contribution < 1.29 is 24.2 Å². The number of aliphatic carboxylic acids is 1. The Bertz CT molecular complexity index is 1130. The first-order valence-electron chi connectivity index (χ1n) is 9.24. The van der Waals surface area contributed by atoms with Crippen molar-refractivity contribution in [3.8, 4) is 5.75 Å². The van der Waals surface area contributed by atoms with Crippen molar-refractivity contribution in [2.75, 3.05) is 5.75 Å². The Kier molecular flexibility index (Phi) is 6.79. The number of hydrogen-bond donors (Lipinski definition) is 3. The van der Waals surface area contributed by atoms with E-state index in [0.717, 1.165) is 5.56 Å². The first-order valence-corrected chi connectivity index (χ1v) is 10.4. The van der Waals surface area contributed by atoms with Crippen molar-refractivity contribution >= 4 is 34.6 Å². The molecule has 0 fully saturated rings. The zero-order valence-electron chi connectivity index (χ0n) is 16.3. The molecule has 0 aliphatic carbocycles. The fourth-order valence-corrected chi connectivity index (χ4v) is 4.04. The number of thioether (sulfide) groups is 1. The Morgan fingerprint density at radius 1 is 1.17 bits per heavy atom. The van der Waals surface area contributed by atoms with Gasteiger partial charge in [-0.25, -0.2) is 9.59 Å². The van der Waals surface area contributed by atoms with Gasteiger partial charge in [0.2, 0.25) is 5.91 Å². The molecule has 0 spiro atoms. The Balaban J connectivity index is 1.67. The lowest BCUT2D eigenvalue weighted by molar-refractivity contribution is -0.141. The number of benzene rings is 2. The smallest absolute Gasteiger partial charge is 0.340 e. The van der Waals surface area contributed by atoms with Crippen LogP contribution in [0, 0.1) is 6.92 Å². The molecule has 7 nitrogen and oxygen atoms in total. The van der Waals surface area contributed by atoms with Gasteiger partial charge in [-0.2, -0.15) is 11.8 Å². The molecular formula is C22H21NO6S. The van der Waals surface area contributed by atoms with Gasteiger partial charge in [-0.15, -0.1) is 0 Å². The summed E-state index contributed by atoms with van der Waals surface area (Å²) in [5, 5.41) is 22.1. The summed E-state index contributed by atoms with van der Waals surface area (Å²) in [6.45, 7) is 1.68. The predicted molar refractivity (Wildman–Crippen MR) is 115 cm³/mol. The third-order valence-electron chi connectivity index (χ3n) is 4.64. The van der Waals surface area contributed by atoms with Gasteiger partial charge in [-0.3, -0.25) is 4.79 Å². The summed E-state index contributed by atoms with van der Waals surface area (Å²) < 4.78 is 5.21. The van der Waals surface area contributed by atoms with E-state index >= 15 is 0 Å². The summed E-state index contributed by atoms with van der Waals surface area (Å²) in [7, 11) is 0. The van der Waals surface area contributed by atoms with E-state index in [1.807, 2.05) is 30.3 Å². The quantitative estimate of drug-likeness (QED) is 0.473. The summed E-state index contributed by atoms with van der Waals surface area (Å²) in [5.41, 5.74) is 1.32. The molecule has 2 aromatic carbocycles. The summed E-state index contributed by atoms with van der Waals surface area (Å²) in [5.74, 6) is -0.924. The molecule has 0 bridgehead atoms. The maximum Gasteiger partial charge on any atom is 0.340 e. The van der Waals surface area contributed by atoms with E-state index in [2.05, 4.69) is 5.32 Å². The molecule has 0 radical (unpaired) electrons. The maximum atomic E-state index is 12.5. The van der Waals surface area contributed by atoms with Crippen LogP contribution < -0.4 is 10.9 Å². The molecule has 1 amide bonds. The average molecular weight is 427 g/mol. The molecule has 0 unspecified atom stereocenters. The summed E-state index contributed by atoms with van der Waals surface area (Å²) >= 11 is 1.40. The highest BCUT2D eigenvalue weighted by Crippen LogP contribution is 2.23. The molecule has 30 heavy (non-hydrogen) atoms. The minimum atomic E-state index is -1.14. The number of aryl methyl sites for hydroxylation is 1. The predicted octanol–water partition coefficient (Wildman–Crippen LogP) is 2.85. The fraction of sp³-hybridized carbons (Fsp3) is 0.227. The number of phenols is 1. The maximum absolute atomic E-state index is 12.5. The van der Waals surface area contributed by atoms with E-state index in [4.69, 9.17) is 4.42 Å². The van der Waals surface area contributed by atoms with Crippen LogP contribution in [0.15, 0.2) is 57.7 Å². The molecule has 0 aliphatic heterocycles. The fourth-order valence-electron chi connectivity index (χ4n) is 3.04. The van der Waals surface area contributed by atoms with Crippen LogP contribution in [0.4, 0.5) is 0 Å². The molecular weight excluding hydrogens is 406 g/mol. The zero-order chi connectivity index (χ0) is 21.7. The van der Waals surface area contributed by atoms with Gasteiger partial charge in [0, 0.05) is 23.0 Å². The number of rotatable bonds is 8. The largest absolute Gasteiger partial charge is 0.508 e. The zero-order valence-corrected chi connectivity index (χ0v) is 17.1. The van der Waals surface area contributed by atoms with Crippen molar-refractivity contribution in [2.24, 2.45) is 0 Å². The molecule has 0 aliphatic rings. The lowest BCUT2D eigenvalue weighted by Crippen LogP contribution is -2.43. The Hall–Kier alpha value is -3.26. The Morgan fingerprint density at radius 2 is 1.90 bits per heavy atom. The van der Waals surface area contributed by atoms with Crippen LogP contribution in [-0.2, 0) is 21.8 Å². The van der Waals surface area contributed by atoms with Crippen molar-refractivity contribution in [3.05, 3.63) is 75.6 Å². The number of phenolic OH excluding ortho intramolecular Hbond substituents is 1. The molecule has 0 saturated carbocycles. The van der Waals surface area contributed by atoms with Crippen molar-refractivity contribution in [3.63, 3.8) is 0 Å². The number of amides is 1. The van der Waals surface area contributed by atoms with E-state index in [1.165, 1.54) is 23.9 Å². The van der Waals surface area contributed by atoms with Crippen molar-refractivity contribution in [1.82, 2.24) is 5.32 Å². The number of hydrogen-bond acceptors (Lipinski definition) is 6. The highest BCUT2D eigenvalue weighted by molar-refractivity contribution is 7.98. The van der Waals surface area contributed by atoms with Gasteiger partial charge in [-0.1, -0.05) is 30.3 Å². The van der Waals surface area contributed by atoms with Gasteiger partial charge in [0.05, 0.1) is 12.0 Å². The van der Waals surface area contributed by atoms with Gasteiger partial charge < -0.3 is 19.9 Å². The second kappa shape index (κ2) is 9.49. The lowest BCUT2D eigenvalue weighted by Gasteiger charge is -2.15. The van der Waals surface area contributed by atoms with Crippen LogP contribution in [-0.4, -0.2) is 33.9 Å². The Morgan fingerprint density at radius 3 is 2.60 bits per heavy atom. The van der Waals surface area contributed by atoms with Gasteiger partial charge >= 0.3 is 11.6 Å². The van der Waals surface area contributed by atoms with E-state index in [9.17, 15) is 24.6 Å². The average Bonchev–Trinajstić information content (AvgIpc) is 2.70. The third kappa shape index (κ3) is 5.21. The molecule has 1 heterocycles. The topological polar surface area (TPSA) is 117 Å². The number of aromatic hydroxyl groups is 1. The van der Waals surface area contributed by atoms with E-state index < -0.39 is 23.5 Å². The molecule has 3 N–H and O–H groups in total. The minimum absolute atomic E-state index is 0.0344. The molecule has 156 valence electrons. The number of carbonyl (C=O) groups is 2. The normalized spacial score (nSPS) is 11.9. The molecule has 3 aromatic rings. The SMILES string of the molecule is Cc1c(CC(=O)N[C@H](CSCc2ccccc2)C(=O)O)c(=O)oc2cc(O)ccc12. The van der Waals surface area contributed by atoms with E-state index in [0.29, 0.717) is 16.7 Å². The standard InChI is InChI=1S/C22H21NO6S/c1-13-16-8-7-15(24)9-19(16)29-22(28)17(13)10-20(25)23-18(21(26)27)12-30-11-14-5-3-2-4-6-14/h2-9,18,24H,10-12H2,1H3,(H,23,25)(H,26,27)/t18-/m1/s1. The number of carboxylic acid groups (broad SMARTS) is 1. The van der Waals surface area contributed by atoms with Crippen LogP contribution in [0.25, 0.3) is 11.0 Å². The van der Waals surface area contributed by atoms with Crippen molar-refractivity contribution in [2.45, 2.75) is 25.1 Å². The Labute approximate surface area is 176 Å². The minimum Gasteiger partial charge on any atom is -0.508 e. The first-order chi connectivity index (χ1) is 14.3. The molecule has 1 atom stereocenters. The van der Waals surface area contributed by atoms with Gasteiger partial charge in [-0.05, 0) is 30.2 Å². The summed E-state index contributed by atoms with van der Waals surface area (Å²) in [6, 6.07) is 12.9. The second-order valence-corrected chi connectivity index (χ2v) is 7.84. The number of fused-ring (bicyclic) bond motifs is 1. The lowest BCUT2D eigenvalue weighted by atomic mass is 10.0. The number of carboxylic acids is 1. The van der Waals surface area contributed by atoms with Crippen LogP contribution in [0.1, 0.15) is 16.7 Å². The monoisotopic (exact) mass is 427 g/mol. The van der Waals surface area contributed by atoms with Crippen LogP contribution in [0.5, 0.6) is 5.75 Å². The van der Waals surface area contributed by atoms with Gasteiger partial charge in [0.1, 0.15) is 17.4 Å². The first kappa shape index (κ1) is 21.4. The molecule has 1 aromatic heterocycles. The third-order valence-corrected chi connectivity index (χ3v) is 5.74. The molecule has 8 heteroatoms. The van der Waals surface area contributed by atoms with Crippen LogP contribution >= 0.6 is 11.8 Å². The highest BCUT2D eigenvalue weighted by atomic mass is 32.2. The number of nitrogens with one attached hydrogen (secondary N) is 1. The summed E-state index contributed by atoms with van der Waals surface area (Å²) in [4.78, 5) is 36.3. The van der Waals surface area contributed by atoms with Crippen LogP contribution in [0.3, 0.4) is 0 Å². The van der Waals surface area contributed by atoms with E-state index in [1.54, 1.807) is 13.0 Å². The molecule has 3 rings (SSSR count). The summed E-state index contributed by atoms with van der Waals surface area (Å²) in [6.07, 6.45) is -0.294. The number of carbonyl (C=O) groups excluding carboxylic acids is 1. The highest BCUT2D eigenvalue weighted by Gasteiger charge is 2.22.